The minimum atomic E-state index is -0.206. The number of amides is 1. The van der Waals surface area contributed by atoms with Gasteiger partial charge in [-0.2, -0.15) is 0 Å². The van der Waals surface area contributed by atoms with Gasteiger partial charge in [0.05, 0.1) is 6.10 Å². The van der Waals surface area contributed by atoms with Crippen molar-refractivity contribution in [2.75, 3.05) is 25.1 Å². The number of nitrogens with one attached hydrogen (secondary N) is 1. The molecule has 0 saturated heterocycles. The molecule has 0 aromatic heterocycles. The number of hydrogen-bond donors (Lipinski definition) is 3. The quantitative estimate of drug-likeness (QED) is 0.652. The maximum atomic E-state index is 11.7. The van der Waals surface area contributed by atoms with Crippen LogP contribution in [-0.2, 0) is 4.74 Å². The second kappa shape index (κ2) is 5.37. The topological polar surface area (TPSA) is 90.4 Å². The molecule has 1 aromatic rings. The van der Waals surface area contributed by atoms with E-state index in [0.29, 0.717) is 23.5 Å². The Morgan fingerprint density at radius 2 is 1.94 bits per heavy atom. The summed E-state index contributed by atoms with van der Waals surface area (Å²) in [4.78, 5) is 11.7. The molecule has 1 atom stereocenters. The van der Waals surface area contributed by atoms with Crippen molar-refractivity contribution in [1.82, 2.24) is 5.32 Å². The minimum absolute atomic E-state index is 0.0256. The van der Waals surface area contributed by atoms with Gasteiger partial charge in [-0.3, -0.25) is 4.79 Å². The van der Waals surface area contributed by atoms with Gasteiger partial charge >= 0.3 is 0 Å². The molecule has 5 N–H and O–H groups in total. The summed E-state index contributed by atoms with van der Waals surface area (Å²) in [5.74, 6) is -0.206. The zero-order valence-electron chi connectivity index (χ0n) is 9.49. The van der Waals surface area contributed by atoms with Crippen molar-refractivity contribution in [3.63, 3.8) is 0 Å². The number of carbonyl (C=O) groups excluding carboxylic acids is 1. The average Bonchev–Trinajstić information content (AvgIpc) is 2.23. The Balaban J connectivity index is 2.66. The highest BCUT2D eigenvalue weighted by atomic mass is 16.5. The largest absolute Gasteiger partial charge is 0.399 e. The second-order valence-corrected chi connectivity index (χ2v) is 3.64. The van der Waals surface area contributed by atoms with E-state index in [4.69, 9.17) is 16.2 Å². The molecule has 0 fully saturated rings. The standard InChI is InChI=1S/C11H17N3O2/c1-7(16-2)6-14-11(15)8-3-9(12)5-10(13)4-8/h3-5,7H,6,12-13H2,1-2H3,(H,14,15). The van der Waals surface area contributed by atoms with Gasteiger partial charge in [0.1, 0.15) is 0 Å². The lowest BCUT2D eigenvalue weighted by Gasteiger charge is -2.11. The van der Waals surface area contributed by atoms with Crippen LogP contribution in [0.4, 0.5) is 11.4 Å². The summed E-state index contributed by atoms with van der Waals surface area (Å²) < 4.78 is 5.02. The second-order valence-electron chi connectivity index (χ2n) is 3.64. The van der Waals surface area contributed by atoms with E-state index in [1.165, 1.54) is 0 Å². The SMILES string of the molecule is COC(C)CNC(=O)c1cc(N)cc(N)c1. The Labute approximate surface area is 94.8 Å². The van der Waals surface area contributed by atoms with Gasteiger partial charge in [0.2, 0.25) is 0 Å². The van der Waals surface area contributed by atoms with Crippen molar-refractivity contribution in [2.45, 2.75) is 13.0 Å². The van der Waals surface area contributed by atoms with Gasteiger partial charge in [-0.05, 0) is 25.1 Å². The summed E-state index contributed by atoms with van der Waals surface area (Å²) >= 11 is 0. The molecule has 1 rings (SSSR count). The molecule has 0 heterocycles. The van der Waals surface area contributed by atoms with Crippen LogP contribution in [0.25, 0.3) is 0 Å². The zero-order valence-corrected chi connectivity index (χ0v) is 9.49. The number of nitrogens with two attached hydrogens (primary N) is 2. The molecule has 0 aliphatic rings. The lowest BCUT2D eigenvalue weighted by atomic mass is 10.1. The maximum Gasteiger partial charge on any atom is 0.251 e. The number of ether oxygens (including phenoxy) is 1. The highest BCUT2D eigenvalue weighted by molar-refractivity contribution is 5.96. The van der Waals surface area contributed by atoms with Crippen LogP contribution in [0.15, 0.2) is 18.2 Å². The highest BCUT2D eigenvalue weighted by Crippen LogP contribution is 2.13. The van der Waals surface area contributed by atoms with Crippen LogP contribution >= 0.6 is 0 Å². The van der Waals surface area contributed by atoms with Gasteiger partial charge in [-0.25, -0.2) is 0 Å². The van der Waals surface area contributed by atoms with Gasteiger partial charge in [0.25, 0.3) is 5.91 Å². The molecule has 5 nitrogen and oxygen atoms in total. The van der Waals surface area contributed by atoms with Crippen LogP contribution in [-0.4, -0.2) is 25.7 Å². The fourth-order valence-electron chi connectivity index (χ4n) is 1.23. The molecule has 16 heavy (non-hydrogen) atoms. The van der Waals surface area contributed by atoms with Gasteiger partial charge in [-0.1, -0.05) is 0 Å². The van der Waals surface area contributed by atoms with Crippen LogP contribution in [0.5, 0.6) is 0 Å². The van der Waals surface area contributed by atoms with Crippen LogP contribution < -0.4 is 16.8 Å². The van der Waals surface area contributed by atoms with Gasteiger partial charge in [0, 0.05) is 30.6 Å². The number of hydrogen-bond acceptors (Lipinski definition) is 4. The number of nitrogen functional groups attached to an aromatic ring is 2. The van der Waals surface area contributed by atoms with E-state index < -0.39 is 0 Å². The van der Waals surface area contributed by atoms with Gasteiger partial charge in [0.15, 0.2) is 0 Å². The normalized spacial score (nSPS) is 12.1. The first-order valence-corrected chi connectivity index (χ1v) is 5.00. The van der Waals surface area contributed by atoms with Crippen LogP contribution in [0.1, 0.15) is 17.3 Å². The molecule has 1 aromatic carbocycles. The number of anilines is 2. The van der Waals surface area contributed by atoms with Crippen molar-refractivity contribution in [3.8, 4) is 0 Å². The van der Waals surface area contributed by atoms with E-state index in [1.54, 1.807) is 25.3 Å². The van der Waals surface area contributed by atoms with Crippen LogP contribution in [0, 0.1) is 0 Å². The third-order valence-electron chi connectivity index (χ3n) is 2.19. The number of rotatable bonds is 4. The summed E-state index contributed by atoms with van der Waals surface area (Å²) in [6.45, 7) is 2.32. The van der Waals surface area contributed by atoms with E-state index in [0.717, 1.165) is 0 Å². The minimum Gasteiger partial charge on any atom is -0.399 e. The van der Waals surface area contributed by atoms with E-state index in [1.807, 2.05) is 6.92 Å². The van der Waals surface area contributed by atoms with Crippen molar-refractivity contribution >= 4 is 17.3 Å². The molecule has 0 spiro atoms. The van der Waals surface area contributed by atoms with Crippen molar-refractivity contribution in [1.29, 1.82) is 0 Å². The molecule has 0 saturated carbocycles. The van der Waals surface area contributed by atoms with E-state index in [2.05, 4.69) is 5.32 Å². The molecule has 1 unspecified atom stereocenters. The first-order chi connectivity index (χ1) is 7.52. The third kappa shape index (κ3) is 3.43. The highest BCUT2D eigenvalue weighted by Gasteiger charge is 2.08. The Bertz CT molecular complexity index is 359. The first-order valence-electron chi connectivity index (χ1n) is 5.00. The molecule has 1 amide bonds. The van der Waals surface area contributed by atoms with Crippen molar-refractivity contribution in [3.05, 3.63) is 23.8 Å². The lowest BCUT2D eigenvalue weighted by Crippen LogP contribution is -2.31. The van der Waals surface area contributed by atoms with Gasteiger partial charge < -0.3 is 21.5 Å². The Morgan fingerprint density at radius 1 is 1.38 bits per heavy atom. The molecule has 0 aliphatic heterocycles. The Hall–Kier alpha value is -1.75. The fraction of sp³-hybridized carbons (Fsp3) is 0.364. The molecule has 0 radical (unpaired) electrons. The summed E-state index contributed by atoms with van der Waals surface area (Å²) in [5.41, 5.74) is 12.6. The first kappa shape index (κ1) is 12.3. The summed E-state index contributed by atoms with van der Waals surface area (Å²) in [6, 6.07) is 4.78. The molecule has 0 aliphatic carbocycles. The lowest BCUT2D eigenvalue weighted by molar-refractivity contribution is 0.0870. The summed E-state index contributed by atoms with van der Waals surface area (Å²) in [7, 11) is 1.59. The van der Waals surface area contributed by atoms with E-state index in [-0.39, 0.29) is 12.0 Å². The van der Waals surface area contributed by atoms with Crippen LogP contribution in [0.3, 0.4) is 0 Å². The molecule has 88 valence electrons. The predicted octanol–water partition coefficient (Wildman–Crippen LogP) is 0.616. The average molecular weight is 223 g/mol. The fourth-order valence-corrected chi connectivity index (χ4v) is 1.23. The molecule has 0 bridgehead atoms. The molecule has 5 heteroatoms. The predicted molar refractivity (Wildman–Crippen MR) is 64.1 cm³/mol. The van der Waals surface area contributed by atoms with E-state index >= 15 is 0 Å². The van der Waals surface area contributed by atoms with Crippen molar-refractivity contribution < 1.29 is 9.53 Å². The third-order valence-corrected chi connectivity index (χ3v) is 2.19. The zero-order chi connectivity index (χ0) is 12.1. The van der Waals surface area contributed by atoms with Gasteiger partial charge in [-0.15, -0.1) is 0 Å². The Morgan fingerprint density at radius 3 is 2.44 bits per heavy atom. The monoisotopic (exact) mass is 223 g/mol. The smallest absolute Gasteiger partial charge is 0.251 e. The molecular formula is C11H17N3O2. The Kier molecular flexibility index (Phi) is 4.13. The summed E-state index contributed by atoms with van der Waals surface area (Å²) in [5, 5.41) is 2.73. The maximum absolute atomic E-state index is 11.7. The van der Waals surface area contributed by atoms with Crippen LogP contribution in [0.2, 0.25) is 0 Å². The number of carbonyl (C=O) groups is 1. The number of methoxy groups -OCH3 is 1. The van der Waals surface area contributed by atoms with E-state index in [9.17, 15) is 4.79 Å². The summed E-state index contributed by atoms with van der Waals surface area (Å²) in [6.07, 6.45) is -0.0256. The van der Waals surface area contributed by atoms with Crippen molar-refractivity contribution in [2.24, 2.45) is 0 Å². The molecular weight excluding hydrogens is 206 g/mol. The number of benzene rings is 1.